The molecule has 1 aromatic rings. The van der Waals surface area contributed by atoms with Gasteiger partial charge in [-0.15, -0.1) is 0 Å². The molecule has 29 heavy (non-hydrogen) atoms. The Hall–Kier alpha value is -1.94. The lowest BCUT2D eigenvalue weighted by molar-refractivity contribution is -0.0733. The zero-order chi connectivity index (χ0) is 21.2. The van der Waals surface area contributed by atoms with E-state index >= 15 is 0 Å². The van der Waals surface area contributed by atoms with Crippen molar-refractivity contribution in [3.8, 4) is 0 Å². The molecule has 3 heterocycles. The van der Waals surface area contributed by atoms with Crippen LogP contribution < -0.4 is 11.2 Å². The molecule has 2 saturated heterocycles. The molecule has 1 unspecified atom stereocenters. The van der Waals surface area contributed by atoms with Crippen LogP contribution in [-0.4, -0.2) is 40.5 Å². The third-order valence-electron chi connectivity index (χ3n) is 5.34. The first kappa shape index (κ1) is 21.8. The summed E-state index contributed by atoms with van der Waals surface area (Å²) < 4.78 is 36.4. The van der Waals surface area contributed by atoms with Gasteiger partial charge in [0.05, 0.1) is 13.2 Å². The molecule has 5 atom stereocenters. The summed E-state index contributed by atoms with van der Waals surface area (Å²) in [5.74, 6) is 0.196. The first-order valence-electron chi connectivity index (χ1n) is 9.37. The minimum Gasteiger partial charge on any atom is -0.349 e. The number of nitrogens with zero attached hydrogens (tertiary/aromatic N) is 4. The van der Waals surface area contributed by atoms with Crippen LogP contribution in [0.3, 0.4) is 0 Å². The van der Waals surface area contributed by atoms with Gasteiger partial charge in [-0.25, -0.2) is 9.36 Å². The lowest BCUT2D eigenvalue weighted by Gasteiger charge is -2.35. The van der Waals surface area contributed by atoms with E-state index in [2.05, 4.69) is 15.0 Å². The molecular weight excluding hydrogens is 405 g/mol. The maximum atomic E-state index is 13.0. The van der Waals surface area contributed by atoms with Crippen LogP contribution in [0.15, 0.2) is 27.0 Å². The Bertz CT molecular complexity index is 953. The predicted molar refractivity (Wildman–Crippen MR) is 101 cm³/mol. The summed E-state index contributed by atoms with van der Waals surface area (Å²) in [7, 11) is -3.91. The first-order chi connectivity index (χ1) is 13.8. The van der Waals surface area contributed by atoms with Crippen LogP contribution in [0.5, 0.6) is 0 Å². The molecule has 0 aromatic carbocycles. The highest BCUT2D eigenvalue weighted by atomic mass is 31.2. The number of phosphoric acid groups is 1. The van der Waals surface area contributed by atoms with Gasteiger partial charge in [-0.3, -0.25) is 27.9 Å². The molecule has 3 rings (SSSR count). The van der Waals surface area contributed by atoms with Gasteiger partial charge in [-0.05, 0) is 18.4 Å². The molecule has 0 saturated carbocycles. The van der Waals surface area contributed by atoms with E-state index in [1.54, 1.807) is 0 Å². The lowest BCUT2D eigenvalue weighted by atomic mass is 9.93. The maximum absolute atomic E-state index is 13.0. The van der Waals surface area contributed by atoms with Crippen LogP contribution in [0.25, 0.3) is 10.4 Å². The SMILES string of the molecule is CCC(CC)CO[P@]1(=O)OC[C@H]2O[C@@H](n3ccc(=O)[nH]c3=O)[C@](C)(N=[N+]=[N-])C2O1. The van der Waals surface area contributed by atoms with E-state index in [0.29, 0.717) is 0 Å². The number of hydrogen-bond acceptors (Lipinski definition) is 8. The number of hydrogen-bond donors (Lipinski definition) is 1. The molecule has 1 aromatic heterocycles. The van der Waals surface area contributed by atoms with Gasteiger partial charge < -0.3 is 4.74 Å². The first-order valence-corrected chi connectivity index (χ1v) is 10.8. The zero-order valence-corrected chi connectivity index (χ0v) is 17.3. The molecule has 0 aliphatic carbocycles. The highest BCUT2D eigenvalue weighted by molar-refractivity contribution is 7.48. The van der Waals surface area contributed by atoms with E-state index in [-0.39, 0.29) is 19.1 Å². The van der Waals surface area contributed by atoms with Crippen LogP contribution in [0.4, 0.5) is 0 Å². The average molecular weight is 429 g/mol. The van der Waals surface area contributed by atoms with Crippen molar-refractivity contribution in [2.75, 3.05) is 13.2 Å². The quantitative estimate of drug-likeness (QED) is 0.302. The van der Waals surface area contributed by atoms with Crippen molar-refractivity contribution in [1.29, 1.82) is 0 Å². The maximum Gasteiger partial charge on any atom is 0.475 e. The van der Waals surface area contributed by atoms with Crippen LogP contribution >= 0.6 is 7.82 Å². The normalized spacial score (nSPS) is 34.0. The summed E-state index contributed by atoms with van der Waals surface area (Å²) in [6, 6.07) is 1.14. The van der Waals surface area contributed by atoms with E-state index in [9.17, 15) is 14.2 Å². The van der Waals surface area contributed by atoms with E-state index in [1.165, 1.54) is 13.1 Å². The van der Waals surface area contributed by atoms with Gasteiger partial charge in [0.25, 0.3) is 5.56 Å². The fourth-order valence-electron chi connectivity index (χ4n) is 3.48. The Morgan fingerprint density at radius 2 is 2.21 bits per heavy atom. The molecule has 0 spiro atoms. The van der Waals surface area contributed by atoms with E-state index in [1.807, 2.05) is 13.8 Å². The largest absolute Gasteiger partial charge is 0.475 e. The summed E-state index contributed by atoms with van der Waals surface area (Å²) >= 11 is 0. The second-order valence-corrected chi connectivity index (χ2v) is 8.83. The number of azide groups is 1. The molecule has 13 heteroatoms. The molecular formula is C16H24N5O7P. The van der Waals surface area contributed by atoms with Crippen molar-refractivity contribution in [1.82, 2.24) is 9.55 Å². The fourth-order valence-corrected chi connectivity index (χ4v) is 5.02. The van der Waals surface area contributed by atoms with Gasteiger partial charge in [0, 0.05) is 17.2 Å². The molecule has 12 nitrogen and oxygen atoms in total. The molecule has 1 N–H and O–H groups in total. The second-order valence-electron chi connectivity index (χ2n) is 7.21. The number of aromatic amines is 1. The number of H-pyrrole nitrogens is 1. The minimum absolute atomic E-state index is 0.129. The van der Waals surface area contributed by atoms with Crippen LogP contribution in [0.1, 0.15) is 39.8 Å². The highest BCUT2D eigenvalue weighted by Gasteiger charge is 2.60. The summed E-state index contributed by atoms with van der Waals surface area (Å²) in [4.78, 5) is 28.6. The summed E-state index contributed by atoms with van der Waals surface area (Å²) in [5.41, 5.74) is 6.34. The van der Waals surface area contributed by atoms with Gasteiger partial charge in [0.2, 0.25) is 0 Å². The smallest absolute Gasteiger partial charge is 0.349 e. The number of fused-ring (bicyclic) bond motifs is 1. The van der Waals surface area contributed by atoms with Crippen LogP contribution in [-0.2, 0) is 22.9 Å². The van der Waals surface area contributed by atoms with E-state index < -0.39 is 43.0 Å². The predicted octanol–water partition coefficient (Wildman–Crippen LogP) is 2.48. The summed E-state index contributed by atoms with van der Waals surface area (Å²) in [6.07, 6.45) is 0.0837. The number of phosphoric ester groups is 1. The van der Waals surface area contributed by atoms with Gasteiger partial charge in [-0.2, -0.15) is 0 Å². The number of aromatic nitrogens is 2. The number of rotatable bonds is 7. The number of ether oxygens (including phenoxy) is 1. The minimum atomic E-state index is -3.91. The van der Waals surface area contributed by atoms with Crippen molar-refractivity contribution in [3.63, 3.8) is 0 Å². The van der Waals surface area contributed by atoms with E-state index in [0.717, 1.165) is 23.5 Å². The Balaban J connectivity index is 1.90. The van der Waals surface area contributed by atoms with Gasteiger partial charge in [0.15, 0.2) is 6.23 Å². The van der Waals surface area contributed by atoms with Gasteiger partial charge in [0.1, 0.15) is 17.7 Å². The molecule has 2 aliphatic heterocycles. The lowest BCUT2D eigenvalue weighted by Crippen LogP contribution is -2.48. The third-order valence-corrected chi connectivity index (χ3v) is 6.76. The molecule has 0 radical (unpaired) electrons. The van der Waals surface area contributed by atoms with E-state index in [4.69, 9.17) is 23.8 Å². The zero-order valence-electron chi connectivity index (χ0n) is 16.4. The Labute approximate surface area is 166 Å². The topological polar surface area (TPSA) is 158 Å². The molecule has 160 valence electrons. The highest BCUT2D eigenvalue weighted by Crippen LogP contribution is 2.59. The average Bonchev–Trinajstić information content (AvgIpc) is 2.95. The Morgan fingerprint density at radius 1 is 1.48 bits per heavy atom. The van der Waals surface area contributed by atoms with Gasteiger partial charge >= 0.3 is 13.5 Å². The van der Waals surface area contributed by atoms with Crippen molar-refractivity contribution >= 4 is 7.82 Å². The van der Waals surface area contributed by atoms with Gasteiger partial charge in [-0.1, -0.05) is 31.8 Å². The molecule has 2 aliphatic rings. The van der Waals surface area contributed by atoms with Crippen LogP contribution in [0, 0.1) is 5.92 Å². The van der Waals surface area contributed by atoms with Crippen LogP contribution in [0.2, 0.25) is 0 Å². The number of nitrogens with one attached hydrogen (secondary N) is 1. The molecule has 2 fully saturated rings. The Morgan fingerprint density at radius 3 is 2.83 bits per heavy atom. The third kappa shape index (κ3) is 4.18. The monoisotopic (exact) mass is 429 g/mol. The second kappa shape index (κ2) is 8.43. The summed E-state index contributed by atoms with van der Waals surface area (Å²) in [5, 5.41) is 3.80. The van der Waals surface area contributed by atoms with Crippen molar-refractivity contribution in [2.24, 2.45) is 11.0 Å². The van der Waals surface area contributed by atoms with Crippen molar-refractivity contribution in [2.45, 2.75) is 57.6 Å². The molecule has 0 bridgehead atoms. The standard InChI is InChI=1S/C16H24N5O7P/c1-4-10(5-2)8-25-29(24)26-9-11-13(28-29)16(3,19-20-17)14(27-11)21-7-6-12(22)18-15(21)23/h6-7,10-11,13-14H,4-5,8-9H2,1-3H3,(H,18,22,23)/t11-,13?,14-,16-,29-/m1/s1. The molecule has 0 amide bonds. The Kier molecular flexibility index (Phi) is 6.33. The van der Waals surface area contributed by atoms with Crippen molar-refractivity contribution in [3.05, 3.63) is 43.5 Å². The summed E-state index contributed by atoms with van der Waals surface area (Å²) in [6.45, 7) is 5.60. The van der Waals surface area contributed by atoms with Crippen molar-refractivity contribution < 1.29 is 22.9 Å². The fraction of sp³-hybridized carbons (Fsp3) is 0.750.